The van der Waals surface area contributed by atoms with Crippen LogP contribution in [0.1, 0.15) is 13.8 Å². The summed E-state index contributed by atoms with van der Waals surface area (Å²) < 4.78 is 6.60. The van der Waals surface area contributed by atoms with Crippen LogP contribution in [-0.2, 0) is 11.8 Å². The fraction of sp³-hybridized carbons (Fsp3) is 0.636. The second-order valence-electron chi connectivity index (χ2n) is 4.20. The fourth-order valence-corrected chi connectivity index (χ4v) is 1.45. The minimum atomic E-state index is -0.306. The molecule has 0 atom stereocenters. The second-order valence-corrected chi connectivity index (χ2v) is 4.57. The summed E-state index contributed by atoms with van der Waals surface area (Å²) in [6.45, 7) is 6.08. The Balaban J connectivity index is 2.42. The molecule has 1 N–H and O–H groups in total. The van der Waals surface area contributed by atoms with Crippen LogP contribution in [0.25, 0.3) is 0 Å². The molecule has 0 spiro atoms. The van der Waals surface area contributed by atoms with Crippen molar-refractivity contribution in [1.82, 2.24) is 9.78 Å². The maximum Gasteiger partial charge on any atom is 0.287 e. The summed E-state index contributed by atoms with van der Waals surface area (Å²) in [5.74, 6) is 0.518. The molecule has 0 aromatic carbocycles. The van der Waals surface area contributed by atoms with Gasteiger partial charge >= 0.3 is 0 Å². The Morgan fingerprint density at radius 1 is 1.59 bits per heavy atom. The Kier molecular flexibility index (Phi) is 5.44. The van der Waals surface area contributed by atoms with Crippen LogP contribution in [0, 0.1) is 5.92 Å². The van der Waals surface area contributed by atoms with Crippen LogP contribution in [-0.4, -0.2) is 29.5 Å². The number of hydrogen-bond acceptors (Lipinski definition) is 4. The Bertz CT molecular complexity index is 418. The van der Waals surface area contributed by atoms with Crippen molar-refractivity contribution in [2.45, 2.75) is 13.8 Å². The average molecular weight is 260 g/mol. The standard InChI is InChI=1S/C11H18ClN3O2/c1-8(2)7-17-5-4-13-9-6-14-15(3)11(16)10(9)12/h6,8,13H,4-5,7H2,1-3H3. The van der Waals surface area contributed by atoms with Crippen molar-refractivity contribution in [1.29, 1.82) is 0 Å². The number of aromatic nitrogens is 2. The van der Waals surface area contributed by atoms with Crippen molar-refractivity contribution in [2.75, 3.05) is 25.1 Å². The molecule has 0 unspecified atom stereocenters. The molecule has 0 saturated carbocycles. The highest BCUT2D eigenvalue weighted by molar-refractivity contribution is 6.32. The van der Waals surface area contributed by atoms with Crippen molar-refractivity contribution < 1.29 is 4.74 Å². The maximum atomic E-state index is 11.5. The van der Waals surface area contributed by atoms with Gasteiger partial charge in [0.05, 0.1) is 18.5 Å². The highest BCUT2D eigenvalue weighted by Crippen LogP contribution is 2.14. The SMILES string of the molecule is CC(C)COCCNc1cnn(C)c(=O)c1Cl. The summed E-state index contributed by atoms with van der Waals surface area (Å²) in [7, 11) is 1.56. The first-order valence-corrected chi connectivity index (χ1v) is 5.93. The fourth-order valence-electron chi connectivity index (χ4n) is 1.21. The minimum absolute atomic E-state index is 0.159. The maximum absolute atomic E-state index is 11.5. The van der Waals surface area contributed by atoms with Gasteiger partial charge in [0.15, 0.2) is 0 Å². The quantitative estimate of drug-likeness (QED) is 0.787. The first-order chi connectivity index (χ1) is 8.02. The van der Waals surface area contributed by atoms with Gasteiger partial charge in [0.1, 0.15) is 5.02 Å². The monoisotopic (exact) mass is 259 g/mol. The molecule has 0 aliphatic carbocycles. The number of hydrogen-bond donors (Lipinski definition) is 1. The van der Waals surface area contributed by atoms with Crippen molar-refractivity contribution in [2.24, 2.45) is 13.0 Å². The van der Waals surface area contributed by atoms with E-state index in [1.807, 2.05) is 0 Å². The van der Waals surface area contributed by atoms with Gasteiger partial charge in [-0.25, -0.2) is 4.68 Å². The van der Waals surface area contributed by atoms with Gasteiger partial charge in [-0.3, -0.25) is 4.79 Å². The van der Waals surface area contributed by atoms with Crippen LogP contribution in [0.2, 0.25) is 5.02 Å². The highest BCUT2D eigenvalue weighted by atomic mass is 35.5. The summed E-state index contributed by atoms with van der Waals surface area (Å²) in [6, 6.07) is 0. The number of nitrogens with zero attached hydrogens (tertiary/aromatic N) is 2. The molecule has 1 aromatic rings. The summed E-state index contributed by atoms with van der Waals surface area (Å²) in [5, 5.41) is 7.06. The van der Waals surface area contributed by atoms with Crippen molar-refractivity contribution >= 4 is 17.3 Å². The van der Waals surface area contributed by atoms with E-state index in [9.17, 15) is 4.79 Å². The number of anilines is 1. The number of rotatable bonds is 6. The first kappa shape index (κ1) is 14.0. The van der Waals surface area contributed by atoms with Crippen LogP contribution < -0.4 is 10.9 Å². The zero-order valence-corrected chi connectivity index (χ0v) is 11.1. The Morgan fingerprint density at radius 3 is 2.94 bits per heavy atom. The smallest absolute Gasteiger partial charge is 0.287 e. The molecule has 0 bridgehead atoms. The van der Waals surface area contributed by atoms with Crippen molar-refractivity contribution in [3.8, 4) is 0 Å². The molecule has 1 heterocycles. The van der Waals surface area contributed by atoms with Gasteiger partial charge in [-0.2, -0.15) is 5.10 Å². The van der Waals surface area contributed by atoms with Gasteiger partial charge in [0.2, 0.25) is 0 Å². The van der Waals surface area contributed by atoms with Crippen LogP contribution in [0.4, 0.5) is 5.69 Å². The lowest BCUT2D eigenvalue weighted by Crippen LogP contribution is -2.22. The zero-order chi connectivity index (χ0) is 12.8. The van der Waals surface area contributed by atoms with Gasteiger partial charge in [0, 0.05) is 20.2 Å². The molecular formula is C11H18ClN3O2. The molecule has 0 aliphatic rings. The molecule has 0 saturated heterocycles. The lowest BCUT2D eigenvalue weighted by Gasteiger charge is -2.10. The summed E-state index contributed by atoms with van der Waals surface area (Å²) in [6.07, 6.45) is 1.53. The predicted molar refractivity (Wildman–Crippen MR) is 68.6 cm³/mol. The average Bonchev–Trinajstić information content (AvgIpc) is 2.28. The summed E-state index contributed by atoms with van der Waals surface area (Å²) in [5.41, 5.74) is 0.239. The van der Waals surface area contributed by atoms with Gasteiger partial charge in [-0.1, -0.05) is 25.4 Å². The molecule has 96 valence electrons. The van der Waals surface area contributed by atoms with E-state index in [0.29, 0.717) is 24.8 Å². The number of nitrogens with one attached hydrogen (secondary N) is 1. The lowest BCUT2D eigenvalue weighted by molar-refractivity contribution is 0.118. The zero-order valence-electron chi connectivity index (χ0n) is 10.4. The third-order valence-corrected chi connectivity index (χ3v) is 2.46. The van der Waals surface area contributed by atoms with E-state index in [1.54, 1.807) is 7.05 Å². The Labute approximate surface area is 106 Å². The number of ether oxygens (including phenoxy) is 1. The molecule has 5 nitrogen and oxygen atoms in total. The molecule has 0 amide bonds. The van der Waals surface area contributed by atoms with E-state index in [-0.39, 0.29) is 10.6 Å². The van der Waals surface area contributed by atoms with E-state index in [1.165, 1.54) is 10.9 Å². The van der Waals surface area contributed by atoms with Crippen LogP contribution in [0.15, 0.2) is 11.0 Å². The molecule has 0 aliphatic heterocycles. The van der Waals surface area contributed by atoms with Gasteiger partial charge in [-0.15, -0.1) is 0 Å². The molecular weight excluding hydrogens is 242 g/mol. The molecule has 6 heteroatoms. The van der Waals surface area contributed by atoms with Crippen LogP contribution in [0.5, 0.6) is 0 Å². The van der Waals surface area contributed by atoms with Crippen molar-refractivity contribution in [3.63, 3.8) is 0 Å². The minimum Gasteiger partial charge on any atom is -0.380 e. The first-order valence-electron chi connectivity index (χ1n) is 5.55. The Hall–Kier alpha value is -1.07. The van der Waals surface area contributed by atoms with E-state index >= 15 is 0 Å². The van der Waals surface area contributed by atoms with Crippen LogP contribution >= 0.6 is 11.6 Å². The van der Waals surface area contributed by atoms with E-state index in [4.69, 9.17) is 16.3 Å². The normalized spacial score (nSPS) is 10.9. The second kappa shape index (κ2) is 6.61. The van der Waals surface area contributed by atoms with E-state index in [2.05, 4.69) is 24.3 Å². The predicted octanol–water partition coefficient (Wildman–Crippen LogP) is 1.52. The molecule has 0 fully saturated rings. The summed E-state index contributed by atoms with van der Waals surface area (Å²) >= 11 is 5.89. The topological polar surface area (TPSA) is 56.1 Å². The number of aryl methyl sites for hydroxylation is 1. The molecule has 0 radical (unpaired) electrons. The molecule has 1 rings (SSSR count). The van der Waals surface area contributed by atoms with Gasteiger partial charge < -0.3 is 10.1 Å². The largest absolute Gasteiger partial charge is 0.380 e. The van der Waals surface area contributed by atoms with Crippen molar-refractivity contribution in [3.05, 3.63) is 21.6 Å². The third kappa shape index (κ3) is 4.36. The summed E-state index contributed by atoms with van der Waals surface area (Å²) in [4.78, 5) is 11.5. The third-order valence-electron chi connectivity index (χ3n) is 2.09. The lowest BCUT2D eigenvalue weighted by atomic mass is 10.2. The molecule has 1 aromatic heterocycles. The van der Waals surface area contributed by atoms with Crippen LogP contribution in [0.3, 0.4) is 0 Å². The van der Waals surface area contributed by atoms with Gasteiger partial charge in [-0.05, 0) is 5.92 Å². The molecule has 17 heavy (non-hydrogen) atoms. The Morgan fingerprint density at radius 2 is 2.29 bits per heavy atom. The van der Waals surface area contributed by atoms with E-state index in [0.717, 1.165) is 6.61 Å². The van der Waals surface area contributed by atoms with Gasteiger partial charge in [0.25, 0.3) is 5.56 Å². The highest BCUT2D eigenvalue weighted by Gasteiger charge is 2.06. The number of halogens is 1. The van der Waals surface area contributed by atoms with E-state index < -0.39 is 0 Å².